The van der Waals surface area contributed by atoms with Gasteiger partial charge in [-0.05, 0) is 23.3 Å². The van der Waals surface area contributed by atoms with Crippen molar-refractivity contribution < 1.29 is 0 Å². The minimum Gasteiger partial charge on any atom is -0.320 e. The van der Waals surface area contributed by atoms with Gasteiger partial charge in [0.1, 0.15) is 0 Å². The molecule has 0 N–H and O–H groups in total. The number of aromatic nitrogens is 1. The molecule has 21 heavy (non-hydrogen) atoms. The lowest BCUT2D eigenvalue weighted by Gasteiger charge is -2.03. The van der Waals surface area contributed by atoms with Gasteiger partial charge >= 0.3 is 0 Å². The number of hydrogen-bond donors (Lipinski definition) is 0. The molecule has 0 fully saturated rings. The van der Waals surface area contributed by atoms with E-state index in [1.165, 1.54) is 5.56 Å². The van der Waals surface area contributed by atoms with Crippen molar-refractivity contribution in [3.8, 4) is 11.3 Å². The number of halogens is 1. The van der Waals surface area contributed by atoms with E-state index in [0.717, 1.165) is 21.1 Å². The highest BCUT2D eigenvalue weighted by Gasteiger charge is 2.04. The van der Waals surface area contributed by atoms with E-state index in [1.807, 2.05) is 49.5 Å². The van der Waals surface area contributed by atoms with E-state index >= 15 is 0 Å². The van der Waals surface area contributed by atoms with Crippen molar-refractivity contribution in [3.05, 3.63) is 75.4 Å². The monoisotopic (exact) mass is 314 g/mol. The fourth-order valence-electron chi connectivity index (χ4n) is 2.14. The standard InChI is InChI=1S/C17H15ClN2S/c1-20-16(14-7-9-15(18)10-8-14)12-21-17(20)19-11-13-5-3-2-4-6-13/h2-10,12H,11H2,1H3. The summed E-state index contributed by atoms with van der Waals surface area (Å²) in [5.74, 6) is 0. The molecule has 1 heterocycles. The summed E-state index contributed by atoms with van der Waals surface area (Å²) in [6.45, 7) is 0.704. The molecule has 0 amide bonds. The topological polar surface area (TPSA) is 17.3 Å². The molecule has 0 saturated heterocycles. The fourth-order valence-corrected chi connectivity index (χ4v) is 3.17. The van der Waals surface area contributed by atoms with Crippen LogP contribution in [0.3, 0.4) is 0 Å². The fraction of sp³-hybridized carbons (Fsp3) is 0.118. The first kappa shape index (κ1) is 14.1. The van der Waals surface area contributed by atoms with E-state index in [1.54, 1.807) is 11.3 Å². The first-order valence-electron chi connectivity index (χ1n) is 6.69. The molecule has 0 saturated carbocycles. The summed E-state index contributed by atoms with van der Waals surface area (Å²) in [5, 5.41) is 2.89. The largest absolute Gasteiger partial charge is 0.320 e. The maximum atomic E-state index is 5.94. The zero-order valence-corrected chi connectivity index (χ0v) is 13.2. The van der Waals surface area contributed by atoms with Crippen LogP contribution >= 0.6 is 22.9 Å². The average molecular weight is 315 g/mol. The van der Waals surface area contributed by atoms with Crippen LogP contribution in [-0.4, -0.2) is 4.57 Å². The van der Waals surface area contributed by atoms with Crippen molar-refractivity contribution in [1.29, 1.82) is 0 Å². The molecule has 4 heteroatoms. The minimum atomic E-state index is 0.704. The van der Waals surface area contributed by atoms with Gasteiger partial charge < -0.3 is 4.57 Å². The third kappa shape index (κ3) is 3.26. The maximum absolute atomic E-state index is 5.94. The van der Waals surface area contributed by atoms with Crippen molar-refractivity contribution in [3.63, 3.8) is 0 Å². The highest BCUT2D eigenvalue weighted by atomic mass is 35.5. The molecule has 0 aliphatic carbocycles. The van der Waals surface area contributed by atoms with Gasteiger partial charge in [0.05, 0.1) is 12.2 Å². The molecule has 0 unspecified atom stereocenters. The molecule has 0 bridgehead atoms. The quantitative estimate of drug-likeness (QED) is 0.677. The molecule has 106 valence electrons. The Balaban J connectivity index is 1.90. The lowest BCUT2D eigenvalue weighted by molar-refractivity contribution is 0.846. The zero-order chi connectivity index (χ0) is 14.7. The van der Waals surface area contributed by atoms with Gasteiger partial charge in [0.25, 0.3) is 0 Å². The molecule has 0 atom stereocenters. The first-order chi connectivity index (χ1) is 10.2. The molecule has 0 aliphatic rings. The minimum absolute atomic E-state index is 0.704. The van der Waals surface area contributed by atoms with Gasteiger partial charge in [-0.1, -0.05) is 54.1 Å². The molecule has 3 rings (SSSR count). The van der Waals surface area contributed by atoms with Crippen LogP contribution in [-0.2, 0) is 13.6 Å². The maximum Gasteiger partial charge on any atom is 0.185 e. The molecule has 0 radical (unpaired) electrons. The summed E-state index contributed by atoms with van der Waals surface area (Å²) < 4.78 is 2.12. The third-order valence-electron chi connectivity index (χ3n) is 3.30. The Morgan fingerprint density at radius 3 is 2.48 bits per heavy atom. The predicted molar refractivity (Wildman–Crippen MR) is 89.4 cm³/mol. The average Bonchev–Trinajstić information content (AvgIpc) is 2.88. The van der Waals surface area contributed by atoms with Crippen LogP contribution in [0, 0.1) is 0 Å². The SMILES string of the molecule is Cn1c(-c2ccc(Cl)cc2)csc1=NCc1ccccc1. The smallest absolute Gasteiger partial charge is 0.185 e. The van der Waals surface area contributed by atoms with Gasteiger partial charge in [0.2, 0.25) is 0 Å². The first-order valence-corrected chi connectivity index (χ1v) is 7.94. The van der Waals surface area contributed by atoms with Gasteiger partial charge in [-0.15, -0.1) is 11.3 Å². The van der Waals surface area contributed by atoms with E-state index in [2.05, 4.69) is 22.1 Å². The van der Waals surface area contributed by atoms with Gasteiger partial charge in [0, 0.05) is 17.5 Å². The number of hydrogen-bond acceptors (Lipinski definition) is 2. The van der Waals surface area contributed by atoms with Crippen LogP contribution in [0.4, 0.5) is 0 Å². The Labute approximate surface area is 133 Å². The van der Waals surface area contributed by atoms with Gasteiger partial charge in [-0.2, -0.15) is 0 Å². The Hall–Kier alpha value is -1.84. The van der Waals surface area contributed by atoms with Crippen LogP contribution in [0.2, 0.25) is 5.02 Å². The molecule has 2 nitrogen and oxygen atoms in total. The van der Waals surface area contributed by atoms with Crippen LogP contribution in [0.25, 0.3) is 11.3 Å². The third-order valence-corrected chi connectivity index (χ3v) is 4.51. The molecule has 0 aliphatic heterocycles. The van der Waals surface area contributed by atoms with E-state index in [4.69, 9.17) is 16.6 Å². The lowest BCUT2D eigenvalue weighted by atomic mass is 10.2. The highest BCUT2D eigenvalue weighted by Crippen LogP contribution is 2.21. The Morgan fingerprint density at radius 2 is 1.76 bits per heavy atom. The zero-order valence-electron chi connectivity index (χ0n) is 11.7. The summed E-state index contributed by atoms with van der Waals surface area (Å²) >= 11 is 7.60. The second-order valence-corrected chi connectivity index (χ2v) is 6.04. The van der Waals surface area contributed by atoms with E-state index in [9.17, 15) is 0 Å². The molecule has 2 aromatic carbocycles. The summed E-state index contributed by atoms with van der Waals surface area (Å²) in [6.07, 6.45) is 0. The summed E-state index contributed by atoms with van der Waals surface area (Å²) in [7, 11) is 2.05. The molecular formula is C17H15ClN2S. The lowest BCUT2D eigenvalue weighted by Crippen LogP contribution is -2.11. The van der Waals surface area contributed by atoms with Crippen LogP contribution < -0.4 is 4.80 Å². The Morgan fingerprint density at radius 1 is 1.05 bits per heavy atom. The van der Waals surface area contributed by atoms with Crippen molar-refractivity contribution in [2.24, 2.45) is 12.0 Å². The number of benzene rings is 2. The van der Waals surface area contributed by atoms with E-state index in [-0.39, 0.29) is 0 Å². The Bertz CT molecular complexity index is 786. The van der Waals surface area contributed by atoms with Gasteiger partial charge in [-0.3, -0.25) is 4.99 Å². The van der Waals surface area contributed by atoms with Crippen molar-refractivity contribution >= 4 is 22.9 Å². The van der Waals surface area contributed by atoms with E-state index < -0.39 is 0 Å². The summed E-state index contributed by atoms with van der Waals surface area (Å²) in [5.41, 5.74) is 3.53. The summed E-state index contributed by atoms with van der Waals surface area (Å²) in [4.78, 5) is 5.71. The highest BCUT2D eigenvalue weighted by molar-refractivity contribution is 7.07. The number of rotatable bonds is 3. The van der Waals surface area contributed by atoms with Crippen molar-refractivity contribution in [2.45, 2.75) is 6.54 Å². The van der Waals surface area contributed by atoms with Crippen LogP contribution in [0.5, 0.6) is 0 Å². The molecule has 0 spiro atoms. The predicted octanol–water partition coefficient (Wildman–Crippen LogP) is 4.51. The Kier molecular flexibility index (Phi) is 4.23. The van der Waals surface area contributed by atoms with E-state index in [0.29, 0.717) is 6.54 Å². The summed E-state index contributed by atoms with van der Waals surface area (Å²) in [6, 6.07) is 18.2. The second-order valence-electron chi connectivity index (χ2n) is 4.77. The van der Waals surface area contributed by atoms with Crippen molar-refractivity contribution in [2.75, 3.05) is 0 Å². The van der Waals surface area contributed by atoms with Gasteiger partial charge in [0.15, 0.2) is 4.80 Å². The normalized spacial score (nSPS) is 11.8. The molecule has 3 aromatic rings. The van der Waals surface area contributed by atoms with Crippen molar-refractivity contribution in [1.82, 2.24) is 4.57 Å². The van der Waals surface area contributed by atoms with Gasteiger partial charge in [-0.25, -0.2) is 0 Å². The molecular weight excluding hydrogens is 300 g/mol. The van der Waals surface area contributed by atoms with Crippen LogP contribution in [0.1, 0.15) is 5.56 Å². The second kappa shape index (κ2) is 6.29. The number of nitrogens with zero attached hydrogens (tertiary/aromatic N) is 2. The van der Waals surface area contributed by atoms with Crippen LogP contribution in [0.15, 0.2) is 65.0 Å². The number of thiazole rings is 1. The molecule has 1 aromatic heterocycles.